The van der Waals surface area contributed by atoms with Crippen LogP contribution in [0.2, 0.25) is 0 Å². The van der Waals surface area contributed by atoms with E-state index in [0.29, 0.717) is 18.4 Å². The Balaban J connectivity index is 1.38. The van der Waals surface area contributed by atoms with Gasteiger partial charge in [0.15, 0.2) is 11.5 Å². The van der Waals surface area contributed by atoms with Gasteiger partial charge in [-0.2, -0.15) is 5.10 Å². The van der Waals surface area contributed by atoms with Crippen molar-refractivity contribution in [2.24, 2.45) is 0 Å². The lowest BCUT2D eigenvalue weighted by Crippen LogP contribution is -2.13. The molecule has 1 fully saturated rings. The lowest BCUT2D eigenvalue weighted by Gasteiger charge is -2.12. The molecule has 5 aromatic rings. The van der Waals surface area contributed by atoms with Gasteiger partial charge in [-0.25, -0.2) is 9.97 Å². The lowest BCUT2D eigenvalue weighted by molar-refractivity contribution is 0.885. The summed E-state index contributed by atoms with van der Waals surface area (Å²) in [5.74, 6) is 0.709. The van der Waals surface area contributed by atoms with Crippen molar-refractivity contribution in [3.8, 4) is 22.5 Å². The number of hydrogen-bond acceptors (Lipinski definition) is 6. The first-order valence-corrected chi connectivity index (χ1v) is 11.3. The standard InChI is InChI=1S/C26H24N8/c1-17(32-22-6-7-22)19-2-4-21(5-3-19)24-15-29-26-25(28-12-18-13-30-31-14-18)33-23(16-34(24)26)20-8-10-27-11-9-20/h2-5,8-11,13-16,22,32H,1,6-7,12H2,(H,28,33)(H,30,31). The molecule has 6 rings (SSSR count). The van der Waals surface area contributed by atoms with Crippen molar-refractivity contribution < 1.29 is 0 Å². The van der Waals surface area contributed by atoms with E-state index in [1.807, 2.05) is 30.7 Å². The summed E-state index contributed by atoms with van der Waals surface area (Å²) in [6.07, 6.45) is 13.6. The number of fused-ring (bicyclic) bond motifs is 1. The van der Waals surface area contributed by atoms with E-state index in [-0.39, 0.29) is 0 Å². The molecular weight excluding hydrogens is 424 g/mol. The van der Waals surface area contributed by atoms with Gasteiger partial charge in [-0.3, -0.25) is 14.5 Å². The van der Waals surface area contributed by atoms with E-state index in [0.717, 1.165) is 45.0 Å². The molecule has 0 spiro atoms. The Morgan fingerprint density at radius 3 is 2.62 bits per heavy atom. The molecule has 1 saturated carbocycles. The number of anilines is 1. The third kappa shape index (κ3) is 4.01. The molecule has 8 nitrogen and oxygen atoms in total. The number of imidazole rings is 1. The number of H-pyrrole nitrogens is 1. The second-order valence-corrected chi connectivity index (χ2v) is 8.48. The minimum atomic E-state index is 0.582. The highest BCUT2D eigenvalue weighted by molar-refractivity contribution is 5.75. The van der Waals surface area contributed by atoms with Crippen LogP contribution in [0.1, 0.15) is 24.0 Å². The fraction of sp³-hybridized carbons (Fsp3) is 0.154. The SMILES string of the molecule is C=C(NC1CC1)c1ccc(-c2cnc3c(NCc4cn[nH]c4)nc(-c4ccncc4)cn23)cc1. The molecule has 1 aromatic carbocycles. The zero-order valence-corrected chi connectivity index (χ0v) is 18.6. The molecule has 0 bridgehead atoms. The molecule has 0 amide bonds. The van der Waals surface area contributed by atoms with E-state index in [1.165, 1.54) is 12.8 Å². The van der Waals surface area contributed by atoms with Crippen molar-refractivity contribution in [3.05, 3.63) is 91.3 Å². The highest BCUT2D eigenvalue weighted by Crippen LogP contribution is 2.29. The Hall–Kier alpha value is -4.46. The number of hydrogen-bond donors (Lipinski definition) is 3. The van der Waals surface area contributed by atoms with Crippen molar-refractivity contribution in [1.82, 2.24) is 34.9 Å². The van der Waals surface area contributed by atoms with Crippen LogP contribution in [0.5, 0.6) is 0 Å². The van der Waals surface area contributed by atoms with Gasteiger partial charge < -0.3 is 10.6 Å². The molecule has 4 heterocycles. The van der Waals surface area contributed by atoms with Crippen LogP contribution in [-0.4, -0.2) is 35.6 Å². The van der Waals surface area contributed by atoms with Crippen molar-refractivity contribution in [2.75, 3.05) is 5.32 Å². The highest BCUT2D eigenvalue weighted by atomic mass is 15.1. The Kier molecular flexibility index (Phi) is 5.03. The number of aromatic nitrogens is 6. The first-order valence-electron chi connectivity index (χ1n) is 11.3. The van der Waals surface area contributed by atoms with E-state index in [9.17, 15) is 0 Å². The van der Waals surface area contributed by atoms with Gasteiger partial charge in [0.2, 0.25) is 0 Å². The quantitative estimate of drug-likeness (QED) is 0.323. The summed E-state index contributed by atoms with van der Waals surface area (Å²) < 4.78 is 2.09. The third-order valence-electron chi connectivity index (χ3n) is 5.97. The van der Waals surface area contributed by atoms with Gasteiger partial charge in [-0.1, -0.05) is 30.8 Å². The minimum Gasteiger partial charge on any atom is -0.382 e. The van der Waals surface area contributed by atoms with Gasteiger partial charge in [0, 0.05) is 59.8 Å². The van der Waals surface area contributed by atoms with Crippen molar-refractivity contribution in [3.63, 3.8) is 0 Å². The van der Waals surface area contributed by atoms with Crippen LogP contribution >= 0.6 is 0 Å². The van der Waals surface area contributed by atoms with Gasteiger partial charge >= 0.3 is 0 Å². The average molecular weight is 449 g/mol. The molecule has 0 atom stereocenters. The fourth-order valence-electron chi connectivity index (χ4n) is 3.94. The van der Waals surface area contributed by atoms with Gasteiger partial charge in [-0.05, 0) is 30.5 Å². The second kappa shape index (κ2) is 8.47. The monoisotopic (exact) mass is 448 g/mol. The Bertz CT molecular complexity index is 1430. The molecule has 0 aliphatic heterocycles. The smallest absolute Gasteiger partial charge is 0.180 e. The summed E-state index contributed by atoms with van der Waals surface area (Å²) in [5.41, 5.74) is 7.77. The van der Waals surface area contributed by atoms with E-state index in [4.69, 9.17) is 9.97 Å². The predicted octanol–water partition coefficient (Wildman–Crippen LogP) is 4.52. The van der Waals surface area contributed by atoms with Crippen LogP contribution in [0.3, 0.4) is 0 Å². The van der Waals surface area contributed by atoms with E-state index < -0.39 is 0 Å². The maximum atomic E-state index is 4.88. The topological polar surface area (TPSA) is 95.8 Å². The molecule has 34 heavy (non-hydrogen) atoms. The first kappa shape index (κ1) is 20.2. The third-order valence-corrected chi connectivity index (χ3v) is 5.97. The molecular formula is C26H24N8. The van der Waals surface area contributed by atoms with Crippen LogP contribution in [0.15, 0.2) is 80.2 Å². The van der Waals surface area contributed by atoms with Crippen molar-refractivity contribution >= 4 is 17.2 Å². The number of nitrogens with zero attached hydrogens (tertiary/aromatic N) is 5. The molecule has 0 saturated heterocycles. The fourth-order valence-corrected chi connectivity index (χ4v) is 3.94. The number of rotatable bonds is 8. The highest BCUT2D eigenvalue weighted by Gasteiger charge is 2.21. The molecule has 0 radical (unpaired) electrons. The summed E-state index contributed by atoms with van der Waals surface area (Å²) in [5, 5.41) is 13.8. The summed E-state index contributed by atoms with van der Waals surface area (Å²) in [6, 6.07) is 12.9. The first-order chi connectivity index (χ1) is 16.7. The molecule has 3 N–H and O–H groups in total. The van der Waals surface area contributed by atoms with Gasteiger partial charge in [0.25, 0.3) is 0 Å². The summed E-state index contributed by atoms with van der Waals surface area (Å²) in [4.78, 5) is 13.7. The molecule has 1 aliphatic carbocycles. The Labute approximate surface area is 196 Å². The molecule has 0 unspecified atom stereocenters. The summed E-state index contributed by atoms with van der Waals surface area (Å²) >= 11 is 0. The summed E-state index contributed by atoms with van der Waals surface area (Å²) in [7, 11) is 0. The Morgan fingerprint density at radius 1 is 1.06 bits per heavy atom. The van der Waals surface area contributed by atoms with Crippen LogP contribution in [0.4, 0.5) is 5.82 Å². The minimum absolute atomic E-state index is 0.582. The van der Waals surface area contributed by atoms with Crippen molar-refractivity contribution in [1.29, 1.82) is 0 Å². The lowest BCUT2D eigenvalue weighted by atomic mass is 10.1. The Morgan fingerprint density at radius 2 is 1.88 bits per heavy atom. The van der Waals surface area contributed by atoms with E-state index >= 15 is 0 Å². The summed E-state index contributed by atoms with van der Waals surface area (Å²) in [6.45, 7) is 4.78. The van der Waals surface area contributed by atoms with Crippen LogP contribution in [0, 0.1) is 0 Å². The largest absolute Gasteiger partial charge is 0.382 e. The van der Waals surface area contributed by atoms with Gasteiger partial charge in [0.05, 0.1) is 23.8 Å². The second-order valence-electron chi connectivity index (χ2n) is 8.48. The van der Waals surface area contributed by atoms with Crippen LogP contribution in [0.25, 0.3) is 33.9 Å². The zero-order valence-electron chi connectivity index (χ0n) is 18.6. The maximum Gasteiger partial charge on any atom is 0.180 e. The molecule has 168 valence electrons. The molecule has 8 heteroatoms. The molecule has 1 aliphatic rings. The van der Waals surface area contributed by atoms with Crippen LogP contribution in [-0.2, 0) is 6.54 Å². The normalized spacial score (nSPS) is 13.2. The number of pyridine rings is 1. The van der Waals surface area contributed by atoms with E-state index in [1.54, 1.807) is 18.6 Å². The number of nitrogens with one attached hydrogen (secondary N) is 3. The number of aromatic amines is 1. The predicted molar refractivity (Wildman–Crippen MR) is 133 cm³/mol. The number of benzene rings is 1. The van der Waals surface area contributed by atoms with Crippen molar-refractivity contribution in [2.45, 2.75) is 25.4 Å². The van der Waals surface area contributed by atoms with Gasteiger partial charge in [-0.15, -0.1) is 0 Å². The van der Waals surface area contributed by atoms with E-state index in [2.05, 4.69) is 61.1 Å². The average Bonchev–Trinajstić information content (AvgIpc) is 3.35. The van der Waals surface area contributed by atoms with Gasteiger partial charge in [0.1, 0.15) is 0 Å². The molecule has 4 aromatic heterocycles. The zero-order chi connectivity index (χ0) is 22.9. The van der Waals surface area contributed by atoms with Crippen LogP contribution < -0.4 is 10.6 Å². The maximum absolute atomic E-state index is 4.88.